The molecule has 0 aliphatic rings. The van der Waals surface area contributed by atoms with Crippen molar-refractivity contribution in [2.75, 3.05) is 13.2 Å². The fraction of sp³-hybridized carbons (Fsp3) is 1.00. The second kappa shape index (κ2) is 9.54. The van der Waals surface area contributed by atoms with E-state index < -0.39 is 14.8 Å². The van der Waals surface area contributed by atoms with E-state index in [1.807, 2.05) is 0 Å². The molecule has 0 heterocycles. The maximum atomic E-state index is 5.65. The van der Waals surface area contributed by atoms with Crippen LogP contribution in [-0.4, -0.2) is 28.0 Å². The van der Waals surface area contributed by atoms with Gasteiger partial charge in [0.25, 0.3) is 0 Å². The predicted octanol–water partition coefficient (Wildman–Crippen LogP) is 2.74. The van der Waals surface area contributed by atoms with Gasteiger partial charge in [-0.1, -0.05) is 27.2 Å². The van der Waals surface area contributed by atoms with Crippen molar-refractivity contribution in [3.8, 4) is 0 Å². The van der Waals surface area contributed by atoms with Crippen molar-refractivity contribution in [1.29, 1.82) is 0 Å². The van der Waals surface area contributed by atoms with Crippen molar-refractivity contribution in [2.45, 2.75) is 45.3 Å². The number of rotatable bonds is 8. The molecule has 0 aromatic rings. The summed E-state index contributed by atoms with van der Waals surface area (Å²) in [5.41, 5.74) is 0. The Labute approximate surface area is 81.3 Å². The molecule has 0 fully saturated rings. The van der Waals surface area contributed by atoms with Gasteiger partial charge >= 0.3 is 14.8 Å². The molecule has 0 N–H and O–H groups in total. The van der Waals surface area contributed by atoms with Crippen LogP contribution in [0.25, 0.3) is 0 Å². The molecule has 0 saturated heterocycles. The normalized spacial score (nSPS) is 10.2. The molecule has 0 amide bonds. The quantitative estimate of drug-likeness (QED) is 0.545. The van der Waals surface area contributed by atoms with Crippen LogP contribution in [0.1, 0.15) is 40.0 Å². The summed E-state index contributed by atoms with van der Waals surface area (Å²) in [7, 11) is 0. The zero-order chi connectivity index (χ0) is 9.23. The van der Waals surface area contributed by atoms with Crippen LogP contribution in [-0.2, 0) is 7.58 Å². The van der Waals surface area contributed by atoms with Gasteiger partial charge in [-0.25, -0.2) is 0 Å². The van der Waals surface area contributed by atoms with Gasteiger partial charge in [-0.05, 0) is 18.1 Å². The Bertz CT molecular complexity index is 80.6. The van der Waals surface area contributed by atoms with E-state index in [9.17, 15) is 0 Å². The molecular weight excluding hydrogens is 167 g/mol. The zero-order valence-corrected chi connectivity index (χ0v) is 9.79. The molecule has 0 bridgehead atoms. The van der Waals surface area contributed by atoms with E-state index in [4.69, 9.17) is 7.58 Å². The van der Waals surface area contributed by atoms with E-state index in [0.717, 1.165) is 31.3 Å². The van der Waals surface area contributed by atoms with Gasteiger partial charge in [-0.2, -0.15) is 0 Å². The minimum Gasteiger partial charge on any atom is -0.478 e. The Morgan fingerprint density at radius 2 is 1.33 bits per heavy atom. The third kappa shape index (κ3) is 7.12. The highest BCUT2D eigenvalue weighted by Crippen LogP contribution is 2.02. The second-order valence-corrected chi connectivity index (χ2v) is 5.06. The third-order valence-electron chi connectivity index (χ3n) is 1.54. The lowest BCUT2D eigenvalue weighted by atomic mass is 10.5. The second-order valence-electron chi connectivity index (χ2n) is 2.96. The van der Waals surface area contributed by atoms with Crippen LogP contribution in [0, 0.1) is 0 Å². The fourth-order valence-electron chi connectivity index (χ4n) is 0.949. The summed E-state index contributed by atoms with van der Waals surface area (Å²) in [6.45, 7) is 8.21. The molecule has 0 spiro atoms. The van der Waals surface area contributed by atoms with Crippen molar-refractivity contribution in [3.05, 3.63) is 0 Å². The first-order valence-corrected chi connectivity index (χ1v) is 6.84. The van der Waals surface area contributed by atoms with Crippen molar-refractivity contribution in [1.82, 2.24) is 0 Å². The molecule has 0 atom stereocenters. The molecule has 0 aromatic carbocycles. The summed E-state index contributed by atoms with van der Waals surface area (Å²) in [4.78, 5) is 0. The van der Waals surface area contributed by atoms with Crippen LogP contribution >= 0.6 is 0 Å². The summed E-state index contributed by atoms with van der Waals surface area (Å²) in [5, 5.41) is 1.15. The minimum atomic E-state index is -1.27. The van der Waals surface area contributed by atoms with Crippen LogP contribution in [0.5, 0.6) is 0 Å². The molecule has 3 heteroatoms. The summed E-state index contributed by atoms with van der Waals surface area (Å²) in [6.07, 6.45) is 3.38. The zero-order valence-electron chi connectivity index (χ0n) is 8.64. The predicted molar refractivity (Wildman–Crippen MR) is 53.3 cm³/mol. The molecule has 0 saturated carbocycles. The van der Waals surface area contributed by atoms with Crippen LogP contribution < -0.4 is 0 Å². The van der Waals surface area contributed by atoms with Gasteiger partial charge in [0.1, 0.15) is 0 Å². The summed E-state index contributed by atoms with van der Waals surface area (Å²) in [6, 6.07) is 0. The summed E-state index contributed by atoms with van der Waals surface area (Å²) in [5.74, 6) is 0. The van der Waals surface area contributed by atoms with Gasteiger partial charge in [-0.15, -0.1) is 0 Å². The maximum Gasteiger partial charge on any atom is 0.674 e. The Kier molecular flexibility index (Phi) is 9.90. The van der Waals surface area contributed by atoms with Gasteiger partial charge < -0.3 is 7.58 Å². The SMILES string of the molecule is CCC[O][Al]([CH2]CC)[O]CCC. The van der Waals surface area contributed by atoms with Gasteiger partial charge in [0, 0.05) is 13.2 Å². The standard InChI is InChI=1S/2C3H7O.C3H7.Al/c2*1-2-3-4;1-3-2;/h2*2-3H2,1H3;1,3H2,2H3;/q2*-1;;+2. The largest absolute Gasteiger partial charge is 0.674 e. The summed E-state index contributed by atoms with van der Waals surface area (Å²) < 4.78 is 11.3. The lowest BCUT2D eigenvalue weighted by Crippen LogP contribution is -2.23. The molecular formula is C9H21AlO2. The molecule has 2 nitrogen and oxygen atoms in total. The van der Waals surface area contributed by atoms with Gasteiger partial charge in [-0.3, -0.25) is 0 Å². The lowest BCUT2D eigenvalue weighted by molar-refractivity contribution is 0.196. The Morgan fingerprint density at radius 3 is 1.67 bits per heavy atom. The Balaban J connectivity index is 3.40. The van der Waals surface area contributed by atoms with Crippen molar-refractivity contribution in [3.63, 3.8) is 0 Å². The molecule has 72 valence electrons. The monoisotopic (exact) mass is 188 g/mol. The average molecular weight is 188 g/mol. The molecule has 12 heavy (non-hydrogen) atoms. The van der Waals surface area contributed by atoms with Crippen LogP contribution in [0.3, 0.4) is 0 Å². The van der Waals surface area contributed by atoms with Gasteiger partial charge in [0.05, 0.1) is 0 Å². The molecule has 0 aromatic heterocycles. The van der Waals surface area contributed by atoms with Crippen LogP contribution in [0.2, 0.25) is 5.28 Å². The fourth-order valence-corrected chi connectivity index (χ4v) is 2.85. The highest BCUT2D eigenvalue weighted by atomic mass is 27.2. The Hall–Kier alpha value is 0.452. The molecule has 0 radical (unpaired) electrons. The molecule has 0 unspecified atom stereocenters. The first kappa shape index (κ1) is 12.5. The highest BCUT2D eigenvalue weighted by Gasteiger charge is 2.22. The van der Waals surface area contributed by atoms with E-state index in [1.54, 1.807) is 0 Å². The number of hydrogen-bond acceptors (Lipinski definition) is 2. The van der Waals surface area contributed by atoms with Crippen LogP contribution in [0.15, 0.2) is 0 Å². The summed E-state index contributed by atoms with van der Waals surface area (Å²) >= 11 is -1.27. The van der Waals surface area contributed by atoms with Gasteiger partial charge in [0.2, 0.25) is 0 Å². The topological polar surface area (TPSA) is 18.5 Å². The smallest absolute Gasteiger partial charge is 0.478 e. The number of hydrogen-bond donors (Lipinski definition) is 0. The highest BCUT2D eigenvalue weighted by molar-refractivity contribution is 6.44. The van der Waals surface area contributed by atoms with Crippen molar-refractivity contribution >= 4 is 14.8 Å². The van der Waals surface area contributed by atoms with E-state index in [0.29, 0.717) is 0 Å². The minimum absolute atomic E-state index is 0.876. The first-order chi connectivity index (χ1) is 5.85. The van der Waals surface area contributed by atoms with Crippen molar-refractivity contribution in [2.24, 2.45) is 0 Å². The lowest BCUT2D eigenvalue weighted by Gasteiger charge is -2.11. The average Bonchev–Trinajstić information content (AvgIpc) is 2.10. The van der Waals surface area contributed by atoms with Gasteiger partial charge in [0.15, 0.2) is 0 Å². The van der Waals surface area contributed by atoms with E-state index in [1.165, 1.54) is 6.42 Å². The molecule has 0 aliphatic heterocycles. The maximum absolute atomic E-state index is 5.65. The first-order valence-electron chi connectivity index (χ1n) is 5.08. The van der Waals surface area contributed by atoms with E-state index >= 15 is 0 Å². The van der Waals surface area contributed by atoms with Crippen molar-refractivity contribution < 1.29 is 7.58 Å². The van der Waals surface area contributed by atoms with E-state index in [-0.39, 0.29) is 0 Å². The molecule has 0 rings (SSSR count). The van der Waals surface area contributed by atoms with E-state index in [2.05, 4.69) is 20.8 Å². The van der Waals surface area contributed by atoms with Crippen LogP contribution in [0.4, 0.5) is 0 Å². The molecule has 0 aliphatic carbocycles. The third-order valence-corrected chi connectivity index (χ3v) is 3.80. The Morgan fingerprint density at radius 1 is 0.833 bits per heavy atom.